The molecule has 0 saturated carbocycles. The van der Waals surface area contributed by atoms with Crippen LogP contribution in [0.1, 0.15) is 0 Å². The molecule has 0 radical (unpaired) electrons. The van der Waals surface area contributed by atoms with Gasteiger partial charge in [-0.05, 0) is 169 Å². The first-order chi connectivity index (χ1) is 42.4. The van der Waals surface area contributed by atoms with Crippen LogP contribution in [-0.4, -0.2) is 27.1 Å². The number of aromatic nitrogens is 2. The van der Waals surface area contributed by atoms with Gasteiger partial charge in [-0.2, -0.15) is 0 Å². The summed E-state index contributed by atoms with van der Waals surface area (Å²) in [5, 5.41) is 27.8. The molecule has 0 unspecified atom stereocenters. The quantitative estimate of drug-likeness (QED) is 0.116. The Kier molecular flexibility index (Phi) is 14.7. The molecule has 14 aromatic carbocycles. The fourth-order valence-electron chi connectivity index (χ4n) is 11.6. The van der Waals surface area contributed by atoms with Gasteiger partial charge in [0.1, 0.15) is 11.0 Å². The number of rotatable bonds is 8. The van der Waals surface area contributed by atoms with Crippen molar-refractivity contribution < 1.29 is 18.9 Å². The minimum absolute atomic E-state index is 0.509. The monoisotopic (exact) mass is 1170 g/mol. The molecule has 0 fully saturated rings. The van der Waals surface area contributed by atoms with E-state index in [0.29, 0.717) is 17.2 Å². The highest BCUT2D eigenvalue weighted by molar-refractivity contribution is 9.10. The summed E-state index contributed by atoms with van der Waals surface area (Å²) < 4.78 is 13.1. The van der Waals surface area contributed by atoms with Gasteiger partial charge in [-0.3, -0.25) is 0 Å². The van der Waals surface area contributed by atoms with Crippen LogP contribution in [0.3, 0.4) is 0 Å². The Hall–Kier alpha value is -10.5. The van der Waals surface area contributed by atoms with Crippen molar-refractivity contribution in [2.75, 3.05) is 0 Å². The molecule has 16 rings (SSSR count). The standard InChI is InChI=1S/C39H25NO.C27H16BrNO.C12H11BO2/c1-2-10-26(11-3-1)27-18-20-28(21-19-27)37-31-12-4-6-14-33(31)38(34-15-7-5-13-32(34)37)29-22-24-30(25-23-29)39-40-35-16-8-9-17-36(35)41-39;28-26-21-9-3-1-7-19(21)25(20-8-2-4-10-22(20)26)17-13-15-18(16-14-17)27-29-23-11-5-6-12-24(23)30-27;14-13(15)12-8-6-11(7-9-12)10-4-2-1-3-5-10/h1-25H;1-16H;1-9,14-15H. The van der Waals surface area contributed by atoms with E-state index in [9.17, 15) is 0 Å². The maximum atomic E-state index is 8.94. The number of para-hydroxylation sites is 4. The zero-order chi connectivity index (χ0) is 57.9. The van der Waals surface area contributed by atoms with Crippen molar-refractivity contribution in [3.8, 4) is 78.5 Å². The van der Waals surface area contributed by atoms with Crippen molar-refractivity contribution >= 4 is 93.8 Å². The molecule has 0 atom stereocenters. The van der Waals surface area contributed by atoms with Crippen molar-refractivity contribution in [1.82, 2.24) is 9.97 Å². The zero-order valence-electron chi connectivity index (χ0n) is 46.4. The molecule has 8 heteroatoms. The minimum Gasteiger partial charge on any atom is -0.436 e. The molecular weight excluding hydrogens is 1120 g/mol. The normalized spacial score (nSPS) is 11.2. The zero-order valence-corrected chi connectivity index (χ0v) is 48.0. The molecule has 408 valence electrons. The number of halogens is 1. The van der Waals surface area contributed by atoms with Gasteiger partial charge >= 0.3 is 7.12 Å². The summed E-state index contributed by atoms with van der Waals surface area (Å²) >= 11 is 3.83. The number of nitrogens with zero attached hydrogens (tertiary/aromatic N) is 2. The van der Waals surface area contributed by atoms with E-state index in [0.717, 1.165) is 48.9 Å². The molecule has 86 heavy (non-hydrogen) atoms. The Morgan fingerprint density at radius 3 is 0.849 bits per heavy atom. The van der Waals surface area contributed by atoms with Crippen LogP contribution in [0.4, 0.5) is 0 Å². The van der Waals surface area contributed by atoms with Crippen LogP contribution >= 0.6 is 15.9 Å². The third kappa shape index (κ3) is 10.5. The Morgan fingerprint density at radius 2 is 0.512 bits per heavy atom. The fraction of sp³-hybridized carbons (Fsp3) is 0. The van der Waals surface area contributed by atoms with Crippen molar-refractivity contribution in [2.45, 2.75) is 0 Å². The molecule has 2 heterocycles. The number of benzene rings is 14. The number of hydrogen-bond acceptors (Lipinski definition) is 6. The molecule has 2 N–H and O–H groups in total. The Balaban J connectivity index is 0.000000127. The summed E-state index contributed by atoms with van der Waals surface area (Å²) in [7, 11) is -1.39. The fourth-order valence-corrected chi connectivity index (χ4v) is 12.3. The molecule has 0 aliphatic heterocycles. The summed E-state index contributed by atoms with van der Waals surface area (Å²) in [6, 6.07) is 104. The van der Waals surface area contributed by atoms with Crippen LogP contribution in [0.2, 0.25) is 0 Å². The van der Waals surface area contributed by atoms with Crippen molar-refractivity contribution in [3.63, 3.8) is 0 Å². The maximum Gasteiger partial charge on any atom is 0.488 e. The van der Waals surface area contributed by atoms with Crippen molar-refractivity contribution in [2.24, 2.45) is 0 Å². The number of hydrogen-bond donors (Lipinski definition) is 2. The number of fused-ring (bicyclic) bond motifs is 6. The minimum atomic E-state index is -1.39. The van der Waals surface area contributed by atoms with E-state index < -0.39 is 7.12 Å². The molecular formula is C78H52BBrN2O4. The topological polar surface area (TPSA) is 92.5 Å². The average molecular weight is 1170 g/mol. The second kappa shape index (κ2) is 23.6. The average Bonchev–Trinajstić information content (AvgIpc) is 1.71. The van der Waals surface area contributed by atoms with Crippen LogP contribution in [0.25, 0.3) is 144 Å². The third-order valence-electron chi connectivity index (χ3n) is 15.8. The van der Waals surface area contributed by atoms with Crippen LogP contribution < -0.4 is 5.46 Å². The van der Waals surface area contributed by atoms with Crippen LogP contribution in [-0.2, 0) is 0 Å². The highest BCUT2D eigenvalue weighted by atomic mass is 79.9. The Labute approximate surface area is 505 Å². The Morgan fingerprint density at radius 1 is 0.256 bits per heavy atom. The highest BCUT2D eigenvalue weighted by Crippen LogP contribution is 2.45. The second-order valence-corrected chi connectivity index (χ2v) is 21.8. The molecule has 16 aromatic rings. The van der Waals surface area contributed by atoms with Crippen LogP contribution in [0.15, 0.2) is 317 Å². The number of oxazole rings is 2. The molecule has 0 amide bonds. The molecule has 0 spiro atoms. The van der Waals surface area contributed by atoms with Gasteiger partial charge in [0.15, 0.2) is 11.2 Å². The summed E-state index contributed by atoms with van der Waals surface area (Å²) in [6.45, 7) is 0. The van der Waals surface area contributed by atoms with E-state index in [-0.39, 0.29) is 0 Å². The van der Waals surface area contributed by atoms with E-state index in [1.165, 1.54) is 87.6 Å². The van der Waals surface area contributed by atoms with E-state index in [4.69, 9.17) is 18.9 Å². The van der Waals surface area contributed by atoms with Crippen LogP contribution in [0, 0.1) is 0 Å². The van der Waals surface area contributed by atoms with Crippen molar-refractivity contribution in [3.05, 3.63) is 308 Å². The second-order valence-electron chi connectivity index (χ2n) is 21.1. The van der Waals surface area contributed by atoms with Gasteiger partial charge in [-0.1, -0.05) is 255 Å². The molecule has 0 aliphatic carbocycles. The van der Waals surface area contributed by atoms with Crippen LogP contribution in [0.5, 0.6) is 0 Å². The molecule has 0 bridgehead atoms. The van der Waals surface area contributed by atoms with Gasteiger partial charge in [0.2, 0.25) is 11.8 Å². The molecule has 0 aliphatic rings. The van der Waals surface area contributed by atoms with Gasteiger partial charge < -0.3 is 18.9 Å². The SMILES string of the molecule is Brc1c2ccccc2c(-c2ccc(-c3nc4ccccc4o3)cc2)c2ccccc12.OB(O)c1ccc(-c2ccccc2)cc1.c1ccc(-c2ccc(-c3c4ccccc4c(-c4ccc(-c5nc6ccccc6o5)cc4)c4ccccc34)cc2)cc1. The maximum absolute atomic E-state index is 8.94. The molecule has 6 nitrogen and oxygen atoms in total. The Bertz CT molecular complexity index is 4890. The van der Waals surface area contributed by atoms with E-state index in [1.54, 1.807) is 12.1 Å². The van der Waals surface area contributed by atoms with E-state index in [1.807, 2.05) is 91.0 Å². The van der Waals surface area contributed by atoms with E-state index >= 15 is 0 Å². The lowest BCUT2D eigenvalue weighted by Crippen LogP contribution is -2.29. The smallest absolute Gasteiger partial charge is 0.436 e. The predicted octanol–water partition coefficient (Wildman–Crippen LogP) is 20.1. The summed E-state index contributed by atoms with van der Waals surface area (Å²) in [5.74, 6) is 1.29. The van der Waals surface area contributed by atoms with Gasteiger partial charge in [-0.25, -0.2) is 9.97 Å². The summed E-state index contributed by atoms with van der Waals surface area (Å²) in [5.41, 5.74) is 17.8. The lowest BCUT2D eigenvalue weighted by atomic mass is 9.80. The van der Waals surface area contributed by atoms with Crippen molar-refractivity contribution in [1.29, 1.82) is 0 Å². The molecule has 2 aromatic heterocycles. The van der Waals surface area contributed by atoms with Gasteiger partial charge in [0.25, 0.3) is 0 Å². The lowest BCUT2D eigenvalue weighted by molar-refractivity contribution is 0.426. The highest BCUT2D eigenvalue weighted by Gasteiger charge is 2.19. The first-order valence-electron chi connectivity index (χ1n) is 28.5. The first kappa shape index (κ1) is 53.5. The van der Waals surface area contributed by atoms with Gasteiger partial charge in [0, 0.05) is 15.6 Å². The lowest BCUT2D eigenvalue weighted by Gasteiger charge is -2.18. The van der Waals surface area contributed by atoms with Gasteiger partial charge in [0.05, 0.1) is 0 Å². The molecule has 0 saturated heterocycles. The third-order valence-corrected chi connectivity index (χ3v) is 16.7. The summed E-state index contributed by atoms with van der Waals surface area (Å²) in [6.07, 6.45) is 0. The first-order valence-corrected chi connectivity index (χ1v) is 29.3. The predicted molar refractivity (Wildman–Crippen MR) is 360 cm³/mol. The van der Waals surface area contributed by atoms with E-state index in [2.05, 4.69) is 226 Å². The van der Waals surface area contributed by atoms with Gasteiger partial charge in [-0.15, -0.1) is 0 Å². The summed E-state index contributed by atoms with van der Waals surface area (Å²) in [4.78, 5) is 9.31. The largest absolute Gasteiger partial charge is 0.488 e.